The molecule has 3 rings (SSSR count). The number of rotatable bonds is 2. The molecule has 2 saturated heterocycles. The standard InChI is InChI=1S/C15H27N3O/c1-17-8-2-4-12-11-18(9-5-13(12)17)14(19)10-15(16)6-3-7-15/h12-13H,2-11,16H2,1H3. The van der Waals surface area contributed by atoms with Gasteiger partial charge in [0, 0.05) is 31.1 Å². The number of carbonyl (C=O) groups excluding carboxylic acids is 1. The smallest absolute Gasteiger partial charge is 0.224 e. The Morgan fingerprint density at radius 3 is 2.74 bits per heavy atom. The molecule has 1 saturated carbocycles. The lowest BCUT2D eigenvalue weighted by Gasteiger charge is -2.47. The minimum absolute atomic E-state index is 0.169. The average molecular weight is 265 g/mol. The van der Waals surface area contributed by atoms with Crippen LogP contribution in [0.5, 0.6) is 0 Å². The van der Waals surface area contributed by atoms with E-state index in [-0.39, 0.29) is 5.54 Å². The fraction of sp³-hybridized carbons (Fsp3) is 0.933. The van der Waals surface area contributed by atoms with E-state index in [1.54, 1.807) is 0 Å². The molecular weight excluding hydrogens is 238 g/mol. The van der Waals surface area contributed by atoms with E-state index in [9.17, 15) is 4.79 Å². The van der Waals surface area contributed by atoms with Crippen LogP contribution < -0.4 is 5.73 Å². The van der Waals surface area contributed by atoms with E-state index in [4.69, 9.17) is 5.73 Å². The third-order valence-electron chi connectivity index (χ3n) is 5.55. The molecule has 2 aliphatic heterocycles. The van der Waals surface area contributed by atoms with Gasteiger partial charge in [0.25, 0.3) is 0 Å². The molecule has 0 radical (unpaired) electrons. The quantitative estimate of drug-likeness (QED) is 0.816. The maximum Gasteiger partial charge on any atom is 0.224 e. The molecule has 3 fully saturated rings. The van der Waals surface area contributed by atoms with Gasteiger partial charge in [0.15, 0.2) is 0 Å². The number of fused-ring (bicyclic) bond motifs is 1. The SMILES string of the molecule is CN1CCCC2CN(C(=O)CC3(N)CCC3)CCC21. The van der Waals surface area contributed by atoms with Gasteiger partial charge in [-0.3, -0.25) is 4.79 Å². The number of piperidine rings is 2. The highest BCUT2D eigenvalue weighted by molar-refractivity contribution is 5.77. The maximum atomic E-state index is 12.4. The van der Waals surface area contributed by atoms with E-state index in [2.05, 4.69) is 16.8 Å². The van der Waals surface area contributed by atoms with Crippen molar-refractivity contribution in [2.45, 2.75) is 56.5 Å². The monoisotopic (exact) mass is 265 g/mol. The molecule has 2 atom stereocenters. The number of nitrogens with two attached hydrogens (primary N) is 1. The molecule has 3 aliphatic rings. The van der Waals surface area contributed by atoms with Crippen molar-refractivity contribution in [2.75, 3.05) is 26.7 Å². The van der Waals surface area contributed by atoms with Crippen LogP contribution in [0.1, 0.15) is 44.9 Å². The van der Waals surface area contributed by atoms with Crippen LogP contribution in [0.3, 0.4) is 0 Å². The Labute approximate surface area is 116 Å². The molecule has 4 nitrogen and oxygen atoms in total. The number of carbonyl (C=O) groups is 1. The molecule has 0 aromatic heterocycles. The van der Waals surface area contributed by atoms with Crippen LogP contribution in [0, 0.1) is 5.92 Å². The van der Waals surface area contributed by atoms with Crippen molar-refractivity contribution < 1.29 is 4.79 Å². The molecule has 0 aromatic carbocycles. The van der Waals surface area contributed by atoms with E-state index >= 15 is 0 Å². The second-order valence-corrected chi connectivity index (χ2v) is 6.97. The van der Waals surface area contributed by atoms with E-state index in [0.717, 1.165) is 32.4 Å². The minimum atomic E-state index is -0.169. The molecule has 19 heavy (non-hydrogen) atoms. The zero-order valence-electron chi connectivity index (χ0n) is 12.1. The van der Waals surface area contributed by atoms with Crippen LogP contribution in [0.4, 0.5) is 0 Å². The molecule has 2 heterocycles. The molecule has 0 aromatic rings. The summed E-state index contributed by atoms with van der Waals surface area (Å²) in [7, 11) is 2.23. The van der Waals surface area contributed by atoms with Crippen molar-refractivity contribution in [1.29, 1.82) is 0 Å². The molecule has 0 bridgehead atoms. The van der Waals surface area contributed by atoms with E-state index in [1.165, 1.54) is 25.8 Å². The summed E-state index contributed by atoms with van der Waals surface area (Å²) in [5.74, 6) is 0.987. The molecule has 4 heteroatoms. The molecule has 2 unspecified atom stereocenters. The zero-order valence-corrected chi connectivity index (χ0v) is 12.1. The van der Waals surface area contributed by atoms with Gasteiger partial charge < -0.3 is 15.5 Å². The number of hydrogen-bond donors (Lipinski definition) is 1. The molecule has 2 N–H and O–H groups in total. The Balaban J connectivity index is 1.56. The van der Waals surface area contributed by atoms with Gasteiger partial charge in [-0.15, -0.1) is 0 Å². The normalized spacial score (nSPS) is 34.5. The summed E-state index contributed by atoms with van der Waals surface area (Å²) in [6.07, 6.45) is 7.53. The van der Waals surface area contributed by atoms with Crippen LogP contribution >= 0.6 is 0 Å². The average Bonchev–Trinajstić information content (AvgIpc) is 2.36. The van der Waals surface area contributed by atoms with Gasteiger partial charge in [0.2, 0.25) is 5.91 Å². The molecule has 0 spiro atoms. The minimum Gasteiger partial charge on any atom is -0.342 e. The second kappa shape index (κ2) is 5.06. The molecule has 1 amide bonds. The van der Waals surface area contributed by atoms with Crippen molar-refractivity contribution in [3.05, 3.63) is 0 Å². The summed E-state index contributed by atoms with van der Waals surface area (Å²) in [6.45, 7) is 3.12. The maximum absolute atomic E-state index is 12.4. The summed E-state index contributed by atoms with van der Waals surface area (Å²) >= 11 is 0. The first-order chi connectivity index (χ1) is 9.07. The lowest BCUT2D eigenvalue weighted by Crippen LogP contribution is -2.56. The third-order valence-corrected chi connectivity index (χ3v) is 5.55. The number of hydrogen-bond acceptors (Lipinski definition) is 3. The third kappa shape index (κ3) is 2.65. The van der Waals surface area contributed by atoms with Crippen LogP contribution in [0.2, 0.25) is 0 Å². The summed E-state index contributed by atoms with van der Waals surface area (Å²) < 4.78 is 0. The van der Waals surface area contributed by atoms with Gasteiger partial charge in [-0.2, -0.15) is 0 Å². The number of likely N-dealkylation sites (tertiary alicyclic amines) is 2. The Morgan fingerprint density at radius 2 is 2.05 bits per heavy atom. The van der Waals surface area contributed by atoms with Crippen molar-refractivity contribution in [2.24, 2.45) is 11.7 Å². The largest absolute Gasteiger partial charge is 0.342 e. The fourth-order valence-electron chi connectivity index (χ4n) is 4.10. The molecule has 108 valence electrons. The van der Waals surface area contributed by atoms with Gasteiger partial charge in [0.05, 0.1) is 0 Å². The van der Waals surface area contributed by atoms with Crippen LogP contribution in [-0.2, 0) is 4.79 Å². The Morgan fingerprint density at radius 1 is 1.26 bits per heavy atom. The first-order valence-electron chi connectivity index (χ1n) is 7.84. The number of amides is 1. The first-order valence-corrected chi connectivity index (χ1v) is 7.84. The summed E-state index contributed by atoms with van der Waals surface area (Å²) in [6, 6.07) is 0.702. The molecular formula is C15H27N3O. The Bertz CT molecular complexity index is 353. The second-order valence-electron chi connectivity index (χ2n) is 6.97. The first kappa shape index (κ1) is 13.4. The van der Waals surface area contributed by atoms with Crippen LogP contribution in [-0.4, -0.2) is 54.0 Å². The van der Waals surface area contributed by atoms with Gasteiger partial charge in [0.1, 0.15) is 0 Å². The summed E-state index contributed by atoms with van der Waals surface area (Å²) in [4.78, 5) is 17.0. The van der Waals surface area contributed by atoms with Crippen LogP contribution in [0.15, 0.2) is 0 Å². The van der Waals surface area contributed by atoms with E-state index in [1.807, 2.05) is 0 Å². The lowest BCUT2D eigenvalue weighted by atomic mass is 9.75. The van der Waals surface area contributed by atoms with Gasteiger partial charge in [-0.25, -0.2) is 0 Å². The zero-order chi connectivity index (χ0) is 13.5. The van der Waals surface area contributed by atoms with Gasteiger partial charge >= 0.3 is 0 Å². The van der Waals surface area contributed by atoms with Crippen LogP contribution in [0.25, 0.3) is 0 Å². The fourth-order valence-corrected chi connectivity index (χ4v) is 4.10. The summed E-state index contributed by atoms with van der Waals surface area (Å²) in [5, 5.41) is 0. The van der Waals surface area contributed by atoms with Crippen molar-refractivity contribution >= 4 is 5.91 Å². The summed E-state index contributed by atoms with van der Waals surface area (Å²) in [5.41, 5.74) is 6.04. The predicted molar refractivity (Wildman–Crippen MR) is 75.7 cm³/mol. The van der Waals surface area contributed by atoms with E-state index < -0.39 is 0 Å². The topological polar surface area (TPSA) is 49.6 Å². The highest BCUT2D eigenvalue weighted by Gasteiger charge is 2.39. The van der Waals surface area contributed by atoms with Gasteiger partial charge in [-0.1, -0.05) is 0 Å². The van der Waals surface area contributed by atoms with E-state index in [0.29, 0.717) is 24.3 Å². The van der Waals surface area contributed by atoms with Crippen molar-refractivity contribution in [3.8, 4) is 0 Å². The van der Waals surface area contributed by atoms with Crippen molar-refractivity contribution in [1.82, 2.24) is 9.80 Å². The predicted octanol–water partition coefficient (Wildman–Crippen LogP) is 1.20. The van der Waals surface area contributed by atoms with Gasteiger partial charge in [-0.05, 0) is 58.0 Å². The highest BCUT2D eigenvalue weighted by Crippen LogP contribution is 2.34. The number of nitrogens with zero attached hydrogens (tertiary/aromatic N) is 2. The van der Waals surface area contributed by atoms with Crippen molar-refractivity contribution in [3.63, 3.8) is 0 Å². The lowest BCUT2D eigenvalue weighted by molar-refractivity contribution is -0.136. The molecule has 1 aliphatic carbocycles. The highest BCUT2D eigenvalue weighted by atomic mass is 16.2. The Hall–Kier alpha value is -0.610. The Kier molecular flexibility index (Phi) is 3.56.